The topological polar surface area (TPSA) is 328 Å². The van der Waals surface area contributed by atoms with Crippen LogP contribution in [0.2, 0.25) is 0 Å². The number of hydrogen-bond donors (Lipinski definition) is 6. The van der Waals surface area contributed by atoms with Crippen LogP contribution in [0.3, 0.4) is 0 Å². The van der Waals surface area contributed by atoms with Gasteiger partial charge in [-0.05, 0) is 103 Å². The third kappa shape index (κ3) is 21.8. The van der Waals surface area contributed by atoms with E-state index in [9.17, 15) is 53.1 Å². The van der Waals surface area contributed by atoms with Crippen LogP contribution in [0.4, 0.5) is 0 Å². The van der Waals surface area contributed by atoms with E-state index in [2.05, 4.69) is 26.6 Å². The predicted octanol–water partition coefficient (Wildman–Crippen LogP) is 1.33. The highest BCUT2D eigenvalue weighted by Gasteiger charge is 2.44. The molecule has 27 nitrogen and oxygen atoms in total. The van der Waals surface area contributed by atoms with Gasteiger partial charge >= 0.3 is 0 Å². The highest BCUT2D eigenvalue weighted by molar-refractivity contribution is 6.01. The fourth-order valence-corrected chi connectivity index (χ4v) is 12.1. The first-order chi connectivity index (χ1) is 45.3. The average molecular weight is 1360 g/mol. The van der Waals surface area contributed by atoms with Crippen LogP contribution in [0.5, 0.6) is 0 Å². The number of benzene rings is 2. The minimum Gasteiger partial charge on any atom is -0.391 e. The van der Waals surface area contributed by atoms with Gasteiger partial charge in [0.05, 0.1) is 12.5 Å². The zero-order chi connectivity index (χ0) is 73.2. The number of hydrogen-bond acceptors (Lipinski definition) is 14. The molecule has 6 N–H and O–H groups in total. The minimum absolute atomic E-state index is 0.0185. The molecule has 2 fully saturated rings. The molecule has 2 aromatic carbocycles. The van der Waals surface area contributed by atoms with Gasteiger partial charge in [0, 0.05) is 75.3 Å². The van der Waals surface area contributed by atoms with Crippen molar-refractivity contribution in [3.05, 3.63) is 71.8 Å². The van der Waals surface area contributed by atoms with E-state index >= 15 is 14.4 Å². The summed E-state index contributed by atoms with van der Waals surface area (Å²) in [5.41, 5.74) is 1.23. The van der Waals surface area contributed by atoms with Crippen LogP contribution in [0.25, 0.3) is 0 Å². The molecule has 13 atom stereocenters. The van der Waals surface area contributed by atoms with Crippen LogP contribution < -0.4 is 26.6 Å². The summed E-state index contributed by atoms with van der Waals surface area (Å²) in [6.45, 7) is 20.0. The summed E-state index contributed by atoms with van der Waals surface area (Å²) < 4.78 is 0. The number of nitrogens with one attached hydrogen (secondary N) is 5. The van der Waals surface area contributed by atoms with Gasteiger partial charge in [0.1, 0.15) is 72.5 Å². The van der Waals surface area contributed by atoms with Gasteiger partial charge in [-0.15, -0.1) is 0 Å². The van der Waals surface area contributed by atoms with Crippen molar-refractivity contribution in [2.45, 2.75) is 213 Å². The maximum absolute atomic E-state index is 15.5. The lowest BCUT2D eigenvalue weighted by Gasteiger charge is -2.38. The number of rotatable bonds is 15. The van der Waals surface area contributed by atoms with Gasteiger partial charge in [0.15, 0.2) is 0 Å². The van der Waals surface area contributed by atoms with Gasteiger partial charge in [-0.3, -0.25) is 62.3 Å². The Morgan fingerprint density at radius 2 is 1.03 bits per heavy atom. The van der Waals surface area contributed by atoms with Crippen molar-refractivity contribution in [2.75, 3.05) is 62.4 Å². The van der Waals surface area contributed by atoms with Gasteiger partial charge in [0.25, 0.3) is 0 Å². The van der Waals surface area contributed by atoms with Crippen molar-refractivity contribution in [1.82, 2.24) is 65.8 Å². The fraction of sp³-hybridized carbons (Fsp3) is 0.643. The molecule has 4 rings (SSSR count). The molecule has 27 heteroatoms. The Bertz CT molecular complexity index is 3090. The van der Waals surface area contributed by atoms with Crippen LogP contribution in [-0.4, -0.2) is 262 Å². The van der Waals surface area contributed by atoms with E-state index in [0.717, 1.165) is 53.6 Å². The highest BCUT2D eigenvalue weighted by Crippen LogP contribution is 2.22. The lowest BCUT2D eigenvalue weighted by atomic mass is 9.98. The molecule has 2 aromatic rings. The van der Waals surface area contributed by atoms with Crippen LogP contribution in [0.1, 0.15) is 133 Å². The number of likely N-dealkylation sites (tertiary alicyclic amines) is 1. The summed E-state index contributed by atoms with van der Waals surface area (Å²) in [6, 6.07) is 0.956. The van der Waals surface area contributed by atoms with Crippen LogP contribution >= 0.6 is 0 Å². The number of aliphatic hydroxyl groups excluding tert-OH is 1. The Morgan fingerprint density at radius 3 is 1.55 bits per heavy atom. The molecule has 0 saturated carbocycles. The number of amides is 13. The van der Waals surface area contributed by atoms with Gasteiger partial charge in [-0.2, -0.15) is 0 Å². The van der Waals surface area contributed by atoms with E-state index in [1.54, 1.807) is 100 Å². The van der Waals surface area contributed by atoms with E-state index in [0.29, 0.717) is 24.2 Å². The first kappa shape index (κ1) is 80.9. The maximum Gasteiger partial charge on any atom is 0.248 e. The fourth-order valence-electron chi connectivity index (χ4n) is 12.1. The third-order valence-electron chi connectivity index (χ3n) is 18.7. The monoisotopic (exact) mass is 1360 g/mol. The second-order valence-corrected chi connectivity index (χ2v) is 27.5. The van der Waals surface area contributed by atoms with Crippen molar-refractivity contribution >= 4 is 76.8 Å². The standard InChI is InChI=1S/C70H109N13O14/c1-40(2)35-53-61(88)71-43(7)64(91)79(16)54(36-41(3)4)63(90)74-52(67(94)81(18)55(38-50-31-25-21-26-32-50)62(89)72-44(8)65(92)83-33-27-22-28-34-83)39-56(85)76(13)45(9)59(86)73-51(37-49-29-23-20-24-30-49)68(95)82(19)58(42(5)6)70(97)77(14)46(10)60(87)75-57(48(12)84)69(96)78(15)47(11)66(93)80(53)17/h20-21,23-26,29-32,40-48,51-55,57-58,84H,22,27-28,33-39H2,1-19H3,(H,71,88)(H,72,89)(H,73,86)(H,74,90)(H,75,87)/t43-,44-,45-,46-,47-,48+,51-,52-,53-,54-,55-,57-,58-/m0/s1. The molecule has 0 aliphatic carbocycles. The summed E-state index contributed by atoms with van der Waals surface area (Å²) in [7, 11) is 9.30. The summed E-state index contributed by atoms with van der Waals surface area (Å²) in [5.74, 6) is -11.2. The van der Waals surface area contributed by atoms with Crippen molar-refractivity contribution in [3.8, 4) is 0 Å². The lowest BCUT2D eigenvalue weighted by Crippen LogP contribution is -2.62. The second-order valence-electron chi connectivity index (χ2n) is 27.5. The van der Waals surface area contributed by atoms with Crippen LogP contribution in [0, 0.1) is 17.8 Å². The molecule has 97 heavy (non-hydrogen) atoms. The van der Waals surface area contributed by atoms with Crippen LogP contribution in [0.15, 0.2) is 60.7 Å². The van der Waals surface area contributed by atoms with Crippen molar-refractivity contribution in [3.63, 3.8) is 0 Å². The highest BCUT2D eigenvalue weighted by atomic mass is 16.3. The Balaban J connectivity index is 1.92. The summed E-state index contributed by atoms with van der Waals surface area (Å²) >= 11 is 0. The largest absolute Gasteiger partial charge is 0.391 e. The Morgan fingerprint density at radius 1 is 0.546 bits per heavy atom. The number of aliphatic hydroxyl groups is 1. The minimum atomic E-state index is -1.81. The SMILES string of the molecule is CC(C)C[C@H]1C(=O)N[C@H](C(=O)N(C)[C@@H](Cc2ccccc2)C(=O)N[C@@H](C)C(=O)N2CCCCC2)CC(=O)N(C)[C@@H](C)C(=O)N[C@@H](Cc2ccccc2)C(=O)N(C)[C@@H](C(C)C)C(=O)N(C)[C@@H](C)C(=O)N[C@@H]([C@@H](C)O)C(=O)N(C)[C@@H](C)C(=O)N(C)[C@@H](CC(C)C)C(=O)N[C@@H](C)C(=O)N1C. The predicted molar refractivity (Wildman–Crippen MR) is 365 cm³/mol. The number of carbonyl (C=O) groups is 13. The van der Waals surface area contributed by atoms with Crippen LogP contribution in [-0.2, 0) is 75.2 Å². The number of nitrogens with zero attached hydrogens (tertiary/aromatic N) is 8. The summed E-state index contributed by atoms with van der Waals surface area (Å²) in [5, 5.41) is 24.6. The molecular formula is C70H109N13O14. The Hall–Kier alpha value is -8.49. The molecule has 0 radical (unpaired) electrons. The molecule has 2 heterocycles. The third-order valence-corrected chi connectivity index (χ3v) is 18.7. The average Bonchev–Trinajstić information content (AvgIpc) is 0.843. The molecule has 2 saturated heterocycles. The second kappa shape index (κ2) is 36.7. The lowest BCUT2D eigenvalue weighted by molar-refractivity contribution is -0.152. The van der Waals surface area contributed by atoms with E-state index < -0.39 is 162 Å². The number of piperidine rings is 1. The quantitative estimate of drug-likeness (QED) is 0.147. The summed E-state index contributed by atoms with van der Waals surface area (Å²) in [6.07, 6.45) is 0.0667. The van der Waals surface area contributed by atoms with E-state index in [-0.39, 0.29) is 43.4 Å². The van der Waals surface area contributed by atoms with Crippen molar-refractivity contribution < 1.29 is 67.4 Å². The first-order valence-corrected chi connectivity index (χ1v) is 33.8. The Kier molecular flexibility index (Phi) is 30.7. The first-order valence-electron chi connectivity index (χ1n) is 33.8. The molecule has 0 bridgehead atoms. The molecular weight excluding hydrogens is 1250 g/mol. The van der Waals surface area contributed by atoms with Gasteiger partial charge in [0.2, 0.25) is 76.8 Å². The van der Waals surface area contributed by atoms with Gasteiger partial charge < -0.3 is 70.9 Å². The molecule has 13 amide bonds. The molecule has 0 aromatic heterocycles. The molecule has 0 spiro atoms. The van der Waals surface area contributed by atoms with Crippen molar-refractivity contribution in [1.29, 1.82) is 0 Å². The molecule has 0 unspecified atom stereocenters. The zero-order valence-electron chi connectivity index (χ0n) is 60.4. The van der Waals surface area contributed by atoms with Gasteiger partial charge in [-0.25, -0.2) is 0 Å². The zero-order valence-corrected chi connectivity index (χ0v) is 60.4. The van der Waals surface area contributed by atoms with E-state index in [1.807, 2.05) is 13.8 Å². The smallest absolute Gasteiger partial charge is 0.248 e. The van der Waals surface area contributed by atoms with E-state index in [1.165, 1.54) is 84.0 Å². The normalized spacial score (nSPS) is 25.5. The number of likely N-dealkylation sites (N-methyl/N-ethyl adjacent to an activating group) is 7. The molecule has 538 valence electrons. The maximum atomic E-state index is 15.5. The van der Waals surface area contributed by atoms with Crippen molar-refractivity contribution in [2.24, 2.45) is 17.8 Å². The van der Waals surface area contributed by atoms with E-state index in [4.69, 9.17) is 0 Å². The molecule has 2 aliphatic heterocycles. The number of carbonyl (C=O) groups excluding carboxylic acids is 13. The summed E-state index contributed by atoms with van der Waals surface area (Å²) in [4.78, 5) is 200. The van der Waals surface area contributed by atoms with Gasteiger partial charge in [-0.1, -0.05) is 102 Å². The molecule has 2 aliphatic rings. The Labute approximate surface area is 572 Å².